The number of fused-ring (bicyclic) bond motifs is 3. The summed E-state index contributed by atoms with van der Waals surface area (Å²) in [6.45, 7) is 1.46. The van der Waals surface area contributed by atoms with Crippen molar-refractivity contribution in [3.63, 3.8) is 0 Å². The van der Waals surface area contributed by atoms with E-state index in [-0.39, 0.29) is 5.78 Å². The van der Waals surface area contributed by atoms with Crippen molar-refractivity contribution in [3.8, 4) is 0 Å². The smallest absolute Gasteiger partial charge is 0.163 e. The van der Waals surface area contributed by atoms with E-state index in [1.165, 1.54) is 13.1 Å². The normalized spacial score (nSPS) is 11.1. The first-order valence-electron chi connectivity index (χ1n) is 5.07. The summed E-state index contributed by atoms with van der Waals surface area (Å²) in [5.74, 6) is -0.114. The van der Waals surface area contributed by atoms with Gasteiger partial charge >= 0.3 is 0 Å². The Hall–Kier alpha value is -2.50. The van der Waals surface area contributed by atoms with Crippen molar-refractivity contribution in [2.45, 2.75) is 6.92 Å². The monoisotopic (exact) mass is 227 g/mol. The summed E-state index contributed by atoms with van der Waals surface area (Å²) in [6.07, 6.45) is 1.49. The zero-order valence-corrected chi connectivity index (χ0v) is 9.06. The van der Waals surface area contributed by atoms with Crippen LogP contribution in [0.4, 0.5) is 5.69 Å². The minimum absolute atomic E-state index is 0.114. The Kier molecular flexibility index (Phi) is 1.85. The van der Waals surface area contributed by atoms with Gasteiger partial charge in [-0.3, -0.25) is 14.9 Å². The fourth-order valence-corrected chi connectivity index (χ4v) is 1.90. The molecule has 0 atom stereocenters. The summed E-state index contributed by atoms with van der Waals surface area (Å²) in [4.78, 5) is 15.6. The molecule has 0 bridgehead atoms. The van der Waals surface area contributed by atoms with Gasteiger partial charge in [0.05, 0.1) is 27.7 Å². The third-order valence-corrected chi connectivity index (χ3v) is 2.75. The zero-order valence-electron chi connectivity index (χ0n) is 9.06. The molecule has 2 aromatic heterocycles. The molecule has 1 aromatic carbocycles. The van der Waals surface area contributed by atoms with Crippen LogP contribution in [0.3, 0.4) is 0 Å². The molecule has 0 saturated carbocycles. The number of rotatable bonds is 1. The lowest BCUT2D eigenvalue weighted by Gasteiger charge is -2.05. The maximum Gasteiger partial charge on any atom is 0.163 e. The number of nitrogens with one attached hydrogen (secondary N) is 1. The summed E-state index contributed by atoms with van der Waals surface area (Å²) < 4.78 is 0. The van der Waals surface area contributed by atoms with Gasteiger partial charge in [-0.05, 0) is 19.1 Å². The first-order chi connectivity index (χ1) is 8.18. The Balaban J connectivity index is 2.55. The molecule has 3 N–H and O–H groups in total. The number of nitrogens with zero attached hydrogens (tertiary/aromatic N) is 3. The third-order valence-electron chi connectivity index (χ3n) is 2.75. The van der Waals surface area contributed by atoms with Gasteiger partial charge < -0.3 is 5.73 Å². The lowest BCUT2D eigenvalue weighted by Crippen LogP contribution is -2.02. The van der Waals surface area contributed by atoms with Crippen molar-refractivity contribution in [1.29, 1.82) is 0 Å². The number of carbonyl (C=O) groups excluding carboxylic acids is 1. The number of pyridine rings is 1. The van der Waals surface area contributed by atoms with Crippen LogP contribution in [0.1, 0.15) is 17.3 Å². The van der Waals surface area contributed by atoms with Gasteiger partial charge in [0.2, 0.25) is 0 Å². The number of aromatic nitrogens is 4. The molecule has 0 fully saturated rings. The van der Waals surface area contributed by atoms with Crippen LogP contribution in [0.15, 0.2) is 18.3 Å². The van der Waals surface area contributed by atoms with E-state index in [1.54, 1.807) is 0 Å². The highest BCUT2D eigenvalue weighted by Gasteiger charge is 2.13. The number of carbonyl (C=O) groups is 1. The van der Waals surface area contributed by atoms with Crippen molar-refractivity contribution >= 4 is 33.4 Å². The van der Waals surface area contributed by atoms with E-state index in [0.717, 1.165) is 5.52 Å². The number of H-pyrrole nitrogens is 1. The highest BCUT2D eigenvalue weighted by molar-refractivity contribution is 6.14. The molecule has 2 heterocycles. The number of hydrogen-bond acceptors (Lipinski definition) is 5. The molecular weight excluding hydrogens is 218 g/mol. The fraction of sp³-hybridized carbons (Fsp3) is 0.0909. The maximum atomic E-state index is 11.4. The molecule has 0 unspecified atom stereocenters. The third kappa shape index (κ3) is 1.27. The van der Waals surface area contributed by atoms with Gasteiger partial charge in [-0.1, -0.05) is 5.21 Å². The lowest BCUT2D eigenvalue weighted by atomic mass is 10.1. The van der Waals surface area contributed by atoms with E-state index in [1.807, 2.05) is 12.1 Å². The van der Waals surface area contributed by atoms with Crippen molar-refractivity contribution < 1.29 is 4.79 Å². The Morgan fingerprint density at radius 1 is 1.41 bits per heavy atom. The number of hydrogen-bond donors (Lipinski definition) is 2. The van der Waals surface area contributed by atoms with E-state index >= 15 is 0 Å². The largest absolute Gasteiger partial charge is 0.397 e. The second-order valence-corrected chi connectivity index (χ2v) is 3.81. The number of ketones is 1. The molecule has 0 aliphatic heterocycles. The zero-order chi connectivity index (χ0) is 12.0. The minimum Gasteiger partial charge on any atom is -0.397 e. The van der Waals surface area contributed by atoms with Gasteiger partial charge in [-0.25, -0.2) is 0 Å². The predicted molar refractivity (Wildman–Crippen MR) is 63.6 cm³/mol. The fourth-order valence-electron chi connectivity index (χ4n) is 1.90. The summed E-state index contributed by atoms with van der Waals surface area (Å²) in [5.41, 5.74) is 8.93. The molecule has 3 aromatic rings. The van der Waals surface area contributed by atoms with Crippen LogP contribution >= 0.6 is 0 Å². The highest BCUT2D eigenvalue weighted by atomic mass is 16.1. The van der Waals surface area contributed by atoms with Crippen LogP contribution in [0.2, 0.25) is 0 Å². The van der Waals surface area contributed by atoms with Crippen molar-refractivity contribution in [2.75, 3.05) is 5.73 Å². The molecule has 0 saturated heterocycles. The van der Waals surface area contributed by atoms with Gasteiger partial charge in [-0.2, -0.15) is 0 Å². The molecule has 6 heteroatoms. The molecule has 0 aliphatic carbocycles. The van der Waals surface area contributed by atoms with Crippen LogP contribution in [-0.4, -0.2) is 26.2 Å². The number of anilines is 1. The quantitative estimate of drug-likeness (QED) is 0.610. The van der Waals surface area contributed by atoms with E-state index in [0.29, 0.717) is 27.7 Å². The maximum absolute atomic E-state index is 11.4. The van der Waals surface area contributed by atoms with Gasteiger partial charge in [0.1, 0.15) is 5.52 Å². The molecule has 3 rings (SSSR count). The summed E-state index contributed by atoms with van der Waals surface area (Å²) in [6, 6.07) is 3.65. The number of nitrogens with two attached hydrogens (primary N) is 1. The van der Waals surface area contributed by atoms with Crippen molar-refractivity contribution in [2.24, 2.45) is 0 Å². The minimum atomic E-state index is -0.114. The van der Waals surface area contributed by atoms with Gasteiger partial charge in [0.25, 0.3) is 0 Å². The van der Waals surface area contributed by atoms with E-state index in [9.17, 15) is 4.79 Å². The lowest BCUT2D eigenvalue weighted by molar-refractivity contribution is 0.101. The van der Waals surface area contributed by atoms with Crippen molar-refractivity contribution in [1.82, 2.24) is 20.4 Å². The Labute approximate surface area is 95.8 Å². The number of benzene rings is 1. The number of nitrogen functional groups attached to an aromatic ring is 1. The van der Waals surface area contributed by atoms with Crippen LogP contribution < -0.4 is 5.73 Å². The second kappa shape index (κ2) is 3.24. The molecule has 6 nitrogen and oxygen atoms in total. The summed E-state index contributed by atoms with van der Waals surface area (Å²) in [5, 5.41) is 11.1. The standard InChI is InChI=1S/C11H9N5O/c1-5(17)6-4-13-7-2-3-8-11(15-16-14-8)9(7)10(6)12/h2-4H,1H3,(H2,12,13)(H,14,15,16). The first-order valence-corrected chi connectivity index (χ1v) is 5.07. The number of aromatic amines is 1. The Morgan fingerprint density at radius 3 is 3.00 bits per heavy atom. The average molecular weight is 227 g/mol. The molecule has 0 amide bonds. The van der Waals surface area contributed by atoms with Crippen LogP contribution in [0.5, 0.6) is 0 Å². The predicted octanol–water partition coefficient (Wildman–Crippen LogP) is 1.29. The molecule has 0 spiro atoms. The average Bonchev–Trinajstić information content (AvgIpc) is 2.76. The van der Waals surface area contributed by atoms with Crippen LogP contribution in [0.25, 0.3) is 21.9 Å². The highest BCUT2D eigenvalue weighted by Crippen LogP contribution is 2.28. The Morgan fingerprint density at radius 2 is 2.24 bits per heavy atom. The van der Waals surface area contributed by atoms with Crippen LogP contribution in [-0.2, 0) is 0 Å². The van der Waals surface area contributed by atoms with E-state index < -0.39 is 0 Å². The summed E-state index contributed by atoms with van der Waals surface area (Å²) in [7, 11) is 0. The molecule has 0 aliphatic rings. The van der Waals surface area contributed by atoms with Crippen molar-refractivity contribution in [3.05, 3.63) is 23.9 Å². The molecule has 84 valence electrons. The van der Waals surface area contributed by atoms with Crippen LogP contribution in [0, 0.1) is 0 Å². The topological polar surface area (TPSA) is 97.5 Å². The Bertz CT molecular complexity index is 746. The second-order valence-electron chi connectivity index (χ2n) is 3.81. The number of Topliss-reactive ketones (excluding diaryl/α,β-unsaturated/α-hetero) is 1. The SMILES string of the molecule is CC(=O)c1cnc2ccc3[nH]nnc3c2c1N. The van der Waals surface area contributed by atoms with E-state index in [2.05, 4.69) is 20.4 Å². The van der Waals surface area contributed by atoms with Gasteiger partial charge in [0.15, 0.2) is 5.78 Å². The molecular formula is C11H9N5O. The van der Waals surface area contributed by atoms with E-state index in [4.69, 9.17) is 5.73 Å². The molecule has 0 radical (unpaired) electrons. The summed E-state index contributed by atoms with van der Waals surface area (Å²) >= 11 is 0. The van der Waals surface area contributed by atoms with Gasteiger partial charge in [0, 0.05) is 6.20 Å². The van der Waals surface area contributed by atoms with Gasteiger partial charge in [-0.15, -0.1) is 5.10 Å². The molecule has 17 heavy (non-hydrogen) atoms. The first kappa shape index (κ1) is 9.71.